The molecular formula is C17H21N3O5S2. The first kappa shape index (κ1) is 19.6. The van der Waals surface area contributed by atoms with Gasteiger partial charge in [0, 0.05) is 18.0 Å². The van der Waals surface area contributed by atoms with E-state index < -0.39 is 27.8 Å². The van der Waals surface area contributed by atoms with Gasteiger partial charge < -0.3 is 4.42 Å². The molecule has 0 unspecified atom stereocenters. The highest BCUT2D eigenvalue weighted by atomic mass is 32.2. The Balaban J connectivity index is 1.61. The van der Waals surface area contributed by atoms with Gasteiger partial charge in [0.25, 0.3) is 15.9 Å². The number of hydrogen-bond donors (Lipinski definition) is 2. The number of hydrazine groups is 1. The number of nitrogens with zero attached hydrogens (tertiary/aromatic N) is 1. The van der Waals surface area contributed by atoms with Crippen LogP contribution in [0.3, 0.4) is 0 Å². The second-order valence-electron chi connectivity index (χ2n) is 6.40. The Morgan fingerprint density at radius 1 is 1.22 bits per heavy atom. The molecule has 8 nitrogen and oxygen atoms in total. The van der Waals surface area contributed by atoms with Crippen LogP contribution < -0.4 is 10.9 Å². The summed E-state index contributed by atoms with van der Waals surface area (Å²) in [7, 11) is -3.61. The quantitative estimate of drug-likeness (QED) is 0.746. The molecule has 0 radical (unpaired) electrons. The molecule has 1 aliphatic heterocycles. The minimum Gasteiger partial charge on any atom is -0.469 e. The molecule has 27 heavy (non-hydrogen) atoms. The van der Waals surface area contributed by atoms with Crippen molar-refractivity contribution >= 4 is 33.2 Å². The average Bonchev–Trinajstić information content (AvgIpc) is 3.28. The Morgan fingerprint density at radius 2 is 2.00 bits per heavy atom. The normalized spacial score (nSPS) is 18.2. The molecule has 1 atom stereocenters. The molecule has 1 aliphatic rings. The van der Waals surface area contributed by atoms with Gasteiger partial charge in [-0.05, 0) is 44.9 Å². The summed E-state index contributed by atoms with van der Waals surface area (Å²) in [5, 5.41) is 0. The van der Waals surface area contributed by atoms with Crippen LogP contribution in [-0.2, 0) is 14.8 Å². The molecule has 2 aromatic heterocycles. The number of thiophene rings is 1. The molecule has 1 saturated heterocycles. The van der Waals surface area contributed by atoms with Gasteiger partial charge in [-0.15, -0.1) is 11.3 Å². The number of amides is 2. The van der Waals surface area contributed by atoms with Gasteiger partial charge in [0.15, 0.2) is 0 Å². The molecular weight excluding hydrogens is 390 g/mol. The molecule has 0 aliphatic carbocycles. The highest BCUT2D eigenvalue weighted by Crippen LogP contribution is 2.28. The summed E-state index contributed by atoms with van der Waals surface area (Å²) in [6.45, 7) is 3.96. The zero-order valence-corrected chi connectivity index (χ0v) is 16.7. The summed E-state index contributed by atoms with van der Waals surface area (Å²) >= 11 is 1.22. The largest absolute Gasteiger partial charge is 0.469 e. The van der Waals surface area contributed by atoms with Crippen molar-refractivity contribution in [2.75, 3.05) is 13.1 Å². The van der Waals surface area contributed by atoms with E-state index in [0.29, 0.717) is 30.7 Å². The summed E-state index contributed by atoms with van der Waals surface area (Å²) in [5.41, 5.74) is 5.06. The van der Waals surface area contributed by atoms with Gasteiger partial charge in [0.1, 0.15) is 9.97 Å². The molecule has 0 aromatic carbocycles. The zero-order valence-electron chi connectivity index (χ0n) is 15.0. The van der Waals surface area contributed by atoms with Gasteiger partial charge in [-0.25, -0.2) is 8.42 Å². The third-order valence-electron chi connectivity index (χ3n) is 4.47. The Kier molecular flexibility index (Phi) is 5.68. The Labute approximate surface area is 161 Å². The second kappa shape index (κ2) is 7.83. The van der Waals surface area contributed by atoms with E-state index in [2.05, 4.69) is 10.9 Å². The molecule has 0 spiro atoms. The fourth-order valence-electron chi connectivity index (χ4n) is 2.96. The van der Waals surface area contributed by atoms with E-state index in [0.717, 1.165) is 4.88 Å². The van der Waals surface area contributed by atoms with Crippen LogP contribution in [-0.4, -0.2) is 37.6 Å². The van der Waals surface area contributed by atoms with Crippen molar-refractivity contribution in [1.29, 1.82) is 0 Å². The van der Waals surface area contributed by atoms with Crippen LogP contribution in [0.15, 0.2) is 33.1 Å². The molecule has 2 aromatic rings. The van der Waals surface area contributed by atoms with Crippen molar-refractivity contribution in [3.8, 4) is 0 Å². The van der Waals surface area contributed by atoms with Crippen LogP contribution in [0, 0.1) is 19.8 Å². The van der Waals surface area contributed by atoms with Crippen LogP contribution in [0.4, 0.5) is 0 Å². The van der Waals surface area contributed by atoms with Crippen molar-refractivity contribution in [3.05, 3.63) is 40.7 Å². The molecule has 0 saturated carbocycles. The number of aryl methyl sites for hydroxylation is 2. The first-order valence-corrected chi connectivity index (χ1v) is 10.8. The zero-order chi connectivity index (χ0) is 19.6. The number of furan rings is 1. The summed E-state index contributed by atoms with van der Waals surface area (Å²) < 4.78 is 32.2. The van der Waals surface area contributed by atoms with E-state index >= 15 is 0 Å². The molecule has 10 heteroatoms. The average molecular weight is 412 g/mol. The van der Waals surface area contributed by atoms with Crippen molar-refractivity contribution in [1.82, 2.24) is 15.2 Å². The maximum absolute atomic E-state index is 12.8. The first-order chi connectivity index (χ1) is 12.8. The van der Waals surface area contributed by atoms with Gasteiger partial charge >= 0.3 is 0 Å². The molecule has 2 N–H and O–H groups in total. The monoisotopic (exact) mass is 411 g/mol. The lowest BCUT2D eigenvalue weighted by Gasteiger charge is -2.30. The van der Waals surface area contributed by atoms with E-state index in [1.807, 2.05) is 6.92 Å². The van der Waals surface area contributed by atoms with Gasteiger partial charge in [0.2, 0.25) is 5.91 Å². The number of nitrogens with one attached hydrogen (secondary N) is 2. The van der Waals surface area contributed by atoms with Gasteiger partial charge in [0.05, 0.1) is 17.7 Å². The second-order valence-corrected chi connectivity index (χ2v) is 9.85. The number of carbonyl (C=O) groups excluding carboxylic acids is 2. The van der Waals surface area contributed by atoms with Crippen molar-refractivity contribution < 1.29 is 22.4 Å². The molecule has 0 bridgehead atoms. The number of piperidine rings is 1. The number of rotatable bonds is 4. The van der Waals surface area contributed by atoms with Crippen LogP contribution in [0.2, 0.25) is 0 Å². The van der Waals surface area contributed by atoms with E-state index in [1.165, 1.54) is 28.0 Å². The summed E-state index contributed by atoms with van der Waals surface area (Å²) in [5.74, 6) is -0.973. The van der Waals surface area contributed by atoms with Gasteiger partial charge in [-0.2, -0.15) is 4.31 Å². The molecule has 2 amide bonds. The third-order valence-corrected chi connectivity index (χ3v) is 7.80. The van der Waals surface area contributed by atoms with E-state index in [1.54, 1.807) is 19.1 Å². The lowest BCUT2D eigenvalue weighted by molar-refractivity contribution is -0.126. The standard InChI is InChI=1S/C17H21N3O5S2/c1-11-5-6-15(26-11)27(23,24)20-8-3-4-13(10-20)16(21)18-19-17(22)14-7-9-25-12(14)2/h5-7,9,13H,3-4,8,10H2,1-2H3,(H,18,21)(H,19,22)/t13-/m1/s1. The van der Waals surface area contributed by atoms with Crippen LogP contribution >= 0.6 is 11.3 Å². The predicted octanol–water partition coefficient (Wildman–Crippen LogP) is 1.82. The summed E-state index contributed by atoms with van der Waals surface area (Å²) in [4.78, 5) is 25.4. The maximum Gasteiger partial charge on any atom is 0.273 e. The Morgan fingerprint density at radius 3 is 2.63 bits per heavy atom. The van der Waals surface area contributed by atoms with E-state index in [9.17, 15) is 18.0 Å². The summed E-state index contributed by atoms with van der Waals surface area (Å²) in [6.07, 6.45) is 2.53. The lowest BCUT2D eigenvalue weighted by atomic mass is 9.99. The lowest BCUT2D eigenvalue weighted by Crippen LogP contribution is -2.49. The highest BCUT2D eigenvalue weighted by Gasteiger charge is 2.34. The minimum absolute atomic E-state index is 0.0890. The van der Waals surface area contributed by atoms with E-state index in [-0.39, 0.29) is 10.8 Å². The Bertz CT molecular complexity index is 947. The van der Waals surface area contributed by atoms with Crippen LogP contribution in [0.5, 0.6) is 0 Å². The number of hydrogen-bond acceptors (Lipinski definition) is 6. The van der Waals surface area contributed by atoms with Crippen molar-refractivity contribution in [3.63, 3.8) is 0 Å². The predicted molar refractivity (Wildman–Crippen MR) is 99.6 cm³/mol. The van der Waals surface area contributed by atoms with Gasteiger partial charge in [-0.1, -0.05) is 0 Å². The molecule has 1 fully saturated rings. The number of carbonyl (C=O) groups is 2. The number of sulfonamides is 1. The van der Waals surface area contributed by atoms with Gasteiger partial charge in [-0.3, -0.25) is 20.4 Å². The first-order valence-electron chi connectivity index (χ1n) is 8.50. The topological polar surface area (TPSA) is 109 Å². The SMILES string of the molecule is Cc1ccc(S(=O)(=O)N2CCC[C@@H](C(=O)NNC(=O)c3ccoc3C)C2)s1. The Hall–Kier alpha value is -2.17. The summed E-state index contributed by atoms with van der Waals surface area (Å²) in [6, 6.07) is 4.86. The van der Waals surface area contributed by atoms with Crippen molar-refractivity contribution in [2.45, 2.75) is 30.9 Å². The minimum atomic E-state index is -3.61. The van der Waals surface area contributed by atoms with Crippen LogP contribution in [0.1, 0.15) is 33.8 Å². The van der Waals surface area contributed by atoms with Crippen molar-refractivity contribution in [2.24, 2.45) is 5.92 Å². The highest BCUT2D eigenvalue weighted by molar-refractivity contribution is 7.91. The van der Waals surface area contributed by atoms with Crippen LogP contribution in [0.25, 0.3) is 0 Å². The third kappa shape index (κ3) is 4.23. The molecule has 3 heterocycles. The maximum atomic E-state index is 12.8. The van der Waals surface area contributed by atoms with E-state index in [4.69, 9.17) is 4.42 Å². The fraction of sp³-hybridized carbons (Fsp3) is 0.412. The molecule has 3 rings (SSSR count). The smallest absolute Gasteiger partial charge is 0.273 e. The fourth-order valence-corrected chi connectivity index (χ4v) is 5.92. The molecule has 146 valence electrons.